The Labute approximate surface area is 226 Å². The van der Waals surface area contributed by atoms with Crippen molar-refractivity contribution in [3.8, 4) is 18.1 Å². The molecule has 2 aromatic carbocycles. The number of rotatable bonds is 7. The third-order valence-corrected chi connectivity index (χ3v) is 10.7. The van der Waals surface area contributed by atoms with Gasteiger partial charge in [-0.3, -0.25) is 0 Å². The second-order valence-electron chi connectivity index (χ2n) is 12.7. The number of aryl methyl sites for hydroxylation is 1. The normalized spacial score (nSPS) is 34.1. The van der Waals surface area contributed by atoms with Gasteiger partial charge in [0.2, 0.25) is 0 Å². The Kier molecular flexibility index (Phi) is 6.38. The lowest BCUT2D eigenvalue weighted by molar-refractivity contribution is -0.214. The number of fused-ring (bicyclic) bond motifs is 5. The van der Waals surface area contributed by atoms with Gasteiger partial charge in [0.25, 0.3) is 0 Å². The molecule has 0 spiro atoms. The molecule has 4 heteroatoms. The fourth-order valence-corrected chi connectivity index (χ4v) is 8.50. The number of aliphatic hydroxyl groups is 1. The summed E-state index contributed by atoms with van der Waals surface area (Å²) in [7, 11) is 0. The maximum absolute atomic E-state index is 15.3. The molecule has 0 aliphatic heterocycles. The zero-order valence-electron chi connectivity index (χ0n) is 22.7. The first-order chi connectivity index (χ1) is 18.2. The number of alkyl halides is 2. The van der Waals surface area contributed by atoms with Gasteiger partial charge in [0.1, 0.15) is 11.4 Å². The van der Waals surface area contributed by atoms with Crippen molar-refractivity contribution in [1.29, 1.82) is 0 Å². The van der Waals surface area contributed by atoms with E-state index in [1.54, 1.807) is 5.92 Å². The van der Waals surface area contributed by atoms with Crippen LogP contribution in [0.5, 0.6) is 5.75 Å². The molecule has 2 nitrogen and oxygen atoms in total. The SMILES string of the molecule is C#CC(F)(F)[C@]1(O)CC[C@H]2[C@@H]3CCc4cc(OCCCC)ccc4C3[C@H](c3ccc(C4CC4)cc3)C[C@@]21C. The minimum Gasteiger partial charge on any atom is -0.494 e. The van der Waals surface area contributed by atoms with E-state index in [0.717, 1.165) is 38.0 Å². The van der Waals surface area contributed by atoms with Gasteiger partial charge >= 0.3 is 5.92 Å². The van der Waals surface area contributed by atoms with Crippen molar-refractivity contribution < 1.29 is 18.6 Å². The molecule has 0 bridgehead atoms. The number of terminal acetylenes is 1. The lowest BCUT2D eigenvalue weighted by Gasteiger charge is -2.57. The molecule has 4 aliphatic carbocycles. The average molecular weight is 519 g/mol. The van der Waals surface area contributed by atoms with E-state index >= 15 is 8.78 Å². The summed E-state index contributed by atoms with van der Waals surface area (Å²) in [4.78, 5) is 0. The van der Waals surface area contributed by atoms with Gasteiger partial charge in [0.05, 0.1) is 6.61 Å². The first kappa shape index (κ1) is 25.9. The van der Waals surface area contributed by atoms with Crippen LogP contribution in [0.15, 0.2) is 42.5 Å². The molecule has 3 saturated carbocycles. The van der Waals surface area contributed by atoms with E-state index in [1.165, 1.54) is 35.1 Å². The van der Waals surface area contributed by atoms with Crippen LogP contribution in [-0.4, -0.2) is 23.2 Å². The van der Waals surface area contributed by atoms with E-state index < -0.39 is 16.9 Å². The van der Waals surface area contributed by atoms with Crippen LogP contribution in [0.25, 0.3) is 0 Å². The van der Waals surface area contributed by atoms with Crippen molar-refractivity contribution in [1.82, 2.24) is 0 Å². The molecule has 2 aromatic rings. The highest BCUT2D eigenvalue weighted by molar-refractivity contribution is 5.45. The fourth-order valence-electron chi connectivity index (χ4n) is 8.50. The second kappa shape index (κ2) is 9.37. The van der Waals surface area contributed by atoms with Crippen LogP contribution in [0.1, 0.15) is 105 Å². The van der Waals surface area contributed by atoms with Crippen molar-refractivity contribution in [2.75, 3.05) is 6.61 Å². The predicted octanol–water partition coefficient (Wildman–Crippen LogP) is 7.99. The van der Waals surface area contributed by atoms with Gasteiger partial charge in [0, 0.05) is 5.41 Å². The van der Waals surface area contributed by atoms with Crippen LogP contribution in [-0.2, 0) is 6.42 Å². The molecular formula is C34H40F2O2. The Morgan fingerprint density at radius 3 is 2.50 bits per heavy atom. The molecule has 0 radical (unpaired) electrons. The molecule has 202 valence electrons. The monoisotopic (exact) mass is 518 g/mol. The second-order valence-corrected chi connectivity index (χ2v) is 12.7. The summed E-state index contributed by atoms with van der Waals surface area (Å²) in [6, 6.07) is 15.5. The molecule has 0 heterocycles. The fraction of sp³-hybridized carbons (Fsp3) is 0.588. The molecule has 1 N–H and O–H groups in total. The van der Waals surface area contributed by atoms with E-state index in [0.29, 0.717) is 18.8 Å². The van der Waals surface area contributed by atoms with Crippen molar-refractivity contribution in [3.63, 3.8) is 0 Å². The molecule has 6 rings (SSSR count). The van der Waals surface area contributed by atoms with Crippen LogP contribution in [0.4, 0.5) is 8.78 Å². The van der Waals surface area contributed by atoms with Crippen LogP contribution in [0.3, 0.4) is 0 Å². The Bertz CT molecular complexity index is 1230. The van der Waals surface area contributed by atoms with Gasteiger partial charge in [-0.2, -0.15) is 8.78 Å². The number of benzene rings is 2. The predicted molar refractivity (Wildman–Crippen MR) is 147 cm³/mol. The van der Waals surface area contributed by atoms with Gasteiger partial charge in [-0.1, -0.05) is 50.6 Å². The van der Waals surface area contributed by atoms with Gasteiger partial charge in [-0.05, 0) is 121 Å². The maximum Gasteiger partial charge on any atom is 0.336 e. The summed E-state index contributed by atoms with van der Waals surface area (Å²) in [6.45, 7) is 4.78. The number of halogens is 2. The average Bonchev–Trinajstić information content (AvgIpc) is 3.73. The molecule has 4 aliphatic rings. The van der Waals surface area contributed by atoms with Crippen molar-refractivity contribution >= 4 is 0 Å². The standard InChI is InChI=1S/C34H40F2O2/c1-4-6-19-38-26-14-16-27-25(20-26)13-15-28-30-17-18-33(37,34(35,36)5-2)32(30,3)21-29(31(27)28)24-11-9-23(10-12-24)22-7-8-22/h2,9-12,14,16,20,22,28-31,37H,4,6-8,13,15,17-19,21H2,1,3H3/t28-,29-,30-,31?,32-,33-/m0/s1. The van der Waals surface area contributed by atoms with Crippen LogP contribution < -0.4 is 4.74 Å². The summed E-state index contributed by atoms with van der Waals surface area (Å²) < 4.78 is 36.6. The Morgan fingerprint density at radius 1 is 1.08 bits per heavy atom. The van der Waals surface area contributed by atoms with E-state index in [2.05, 4.69) is 49.4 Å². The quantitative estimate of drug-likeness (QED) is 0.297. The number of unbranched alkanes of at least 4 members (excludes halogenated alkanes) is 1. The third kappa shape index (κ3) is 3.91. The molecule has 6 atom stereocenters. The van der Waals surface area contributed by atoms with E-state index in [9.17, 15) is 5.11 Å². The summed E-state index contributed by atoms with van der Waals surface area (Å²) in [6.07, 6.45) is 12.9. The van der Waals surface area contributed by atoms with Crippen molar-refractivity contribution in [3.05, 3.63) is 64.7 Å². The van der Waals surface area contributed by atoms with Crippen molar-refractivity contribution in [2.24, 2.45) is 17.3 Å². The van der Waals surface area contributed by atoms with Crippen LogP contribution >= 0.6 is 0 Å². The summed E-state index contributed by atoms with van der Waals surface area (Å²) in [5.74, 6) is 0.220. The highest BCUT2D eigenvalue weighted by Gasteiger charge is 2.71. The van der Waals surface area contributed by atoms with Gasteiger partial charge < -0.3 is 9.84 Å². The van der Waals surface area contributed by atoms with Gasteiger partial charge in [-0.25, -0.2) is 0 Å². The zero-order valence-corrected chi connectivity index (χ0v) is 22.7. The van der Waals surface area contributed by atoms with Crippen LogP contribution in [0, 0.1) is 29.6 Å². The Balaban J connectivity index is 1.42. The van der Waals surface area contributed by atoms with E-state index in [-0.39, 0.29) is 30.1 Å². The van der Waals surface area contributed by atoms with Crippen molar-refractivity contribution in [2.45, 2.75) is 101 Å². The largest absolute Gasteiger partial charge is 0.494 e. The molecule has 0 aromatic heterocycles. The van der Waals surface area contributed by atoms with Gasteiger partial charge in [-0.15, -0.1) is 6.42 Å². The first-order valence-electron chi connectivity index (χ1n) is 14.7. The summed E-state index contributed by atoms with van der Waals surface area (Å²) >= 11 is 0. The molecule has 38 heavy (non-hydrogen) atoms. The summed E-state index contributed by atoms with van der Waals surface area (Å²) in [5.41, 5.74) is 2.09. The maximum atomic E-state index is 15.3. The first-order valence-corrected chi connectivity index (χ1v) is 14.7. The number of hydrogen-bond acceptors (Lipinski definition) is 2. The lowest BCUT2D eigenvalue weighted by Crippen LogP contribution is -2.60. The Hall–Kier alpha value is -2.38. The molecule has 0 amide bonds. The van der Waals surface area contributed by atoms with E-state index in [4.69, 9.17) is 11.2 Å². The highest BCUT2D eigenvalue weighted by atomic mass is 19.3. The zero-order chi connectivity index (χ0) is 26.7. The van der Waals surface area contributed by atoms with E-state index in [1.807, 2.05) is 6.92 Å². The smallest absolute Gasteiger partial charge is 0.336 e. The molecule has 3 fully saturated rings. The third-order valence-electron chi connectivity index (χ3n) is 10.7. The minimum absolute atomic E-state index is 0.00680. The minimum atomic E-state index is -3.55. The molecule has 0 saturated heterocycles. The molecular weight excluding hydrogens is 478 g/mol. The van der Waals surface area contributed by atoms with Crippen LogP contribution in [0.2, 0.25) is 0 Å². The number of ether oxygens (including phenoxy) is 1. The topological polar surface area (TPSA) is 29.5 Å². The number of hydrogen-bond donors (Lipinski definition) is 1. The Morgan fingerprint density at radius 2 is 1.82 bits per heavy atom. The highest BCUT2D eigenvalue weighted by Crippen LogP contribution is 2.70. The lowest BCUT2D eigenvalue weighted by atomic mass is 9.48. The van der Waals surface area contributed by atoms with Gasteiger partial charge in [0.15, 0.2) is 0 Å². The summed E-state index contributed by atoms with van der Waals surface area (Å²) in [5, 5.41) is 11.7. The molecule has 1 unspecified atom stereocenters.